The van der Waals surface area contributed by atoms with Crippen LogP contribution in [0.2, 0.25) is 0 Å². The monoisotopic (exact) mass is 694 g/mol. The molecule has 0 spiro atoms. The summed E-state index contributed by atoms with van der Waals surface area (Å²) in [6.45, 7) is 37.5. The first-order valence-electron chi connectivity index (χ1n) is 17.3. The highest BCUT2D eigenvalue weighted by atomic mass is 31.2. The highest BCUT2D eigenvalue weighted by molar-refractivity contribution is 7.43. The number of aromatic hydroxyl groups is 3. The van der Waals surface area contributed by atoms with Crippen molar-refractivity contribution in [1.82, 2.24) is 0 Å². The number of benzene rings is 3. The second-order valence-corrected chi connectivity index (χ2v) is 20.6. The summed E-state index contributed by atoms with van der Waals surface area (Å²) in [5.41, 5.74) is 3.14. The van der Waals surface area contributed by atoms with Crippen LogP contribution in [0.1, 0.15) is 158 Å². The topological polar surface area (TPSA) is 88.4 Å². The van der Waals surface area contributed by atoms with E-state index in [9.17, 15) is 15.3 Å². The second-order valence-electron chi connectivity index (χ2n) is 19.6. The molecular formula is C42H63O6P. The Morgan fingerprint density at radius 2 is 0.510 bits per heavy atom. The molecule has 0 unspecified atom stereocenters. The first-order chi connectivity index (χ1) is 21.8. The molecule has 0 amide bonds. The molecule has 0 heterocycles. The predicted molar refractivity (Wildman–Crippen MR) is 205 cm³/mol. The molecule has 0 aromatic heterocycles. The summed E-state index contributed by atoms with van der Waals surface area (Å²) >= 11 is 0. The van der Waals surface area contributed by atoms with E-state index in [0.29, 0.717) is 17.2 Å². The third kappa shape index (κ3) is 9.57. The van der Waals surface area contributed by atoms with Crippen molar-refractivity contribution in [3.63, 3.8) is 0 Å². The lowest BCUT2D eigenvalue weighted by atomic mass is 9.80. The molecule has 0 saturated heterocycles. The average Bonchev–Trinajstić information content (AvgIpc) is 2.84. The highest BCUT2D eigenvalue weighted by Crippen LogP contribution is 2.53. The van der Waals surface area contributed by atoms with Crippen LogP contribution in [0.4, 0.5) is 0 Å². The molecule has 0 aliphatic rings. The minimum atomic E-state index is -2.26. The van der Waals surface area contributed by atoms with Gasteiger partial charge in [0.2, 0.25) is 0 Å². The molecule has 3 aromatic rings. The lowest BCUT2D eigenvalue weighted by Gasteiger charge is -2.32. The van der Waals surface area contributed by atoms with E-state index in [1.54, 1.807) is 18.2 Å². The van der Waals surface area contributed by atoms with Crippen LogP contribution in [0.3, 0.4) is 0 Å². The standard InChI is InChI=1S/C42H63O6P/c1-37(2,3)25-19-28(40(10,11)12)34(22-31(25)43)46-49(47-35-23-32(44)26(38(4,5)6)20-29(35)41(13,14)15)48-36-24-33(45)27(39(7,8)9)21-30(36)42(16,17)18/h19-24,43-45H,1-18H3. The van der Waals surface area contributed by atoms with Gasteiger partial charge in [-0.2, -0.15) is 0 Å². The summed E-state index contributed by atoms with van der Waals surface area (Å²) in [6.07, 6.45) is 0. The molecule has 0 radical (unpaired) electrons. The van der Waals surface area contributed by atoms with Gasteiger partial charge in [0.15, 0.2) is 0 Å². The van der Waals surface area contributed by atoms with Crippen LogP contribution in [-0.4, -0.2) is 15.3 Å². The van der Waals surface area contributed by atoms with E-state index in [1.165, 1.54) is 0 Å². The van der Waals surface area contributed by atoms with Crippen molar-refractivity contribution in [3.05, 3.63) is 69.8 Å². The van der Waals surface area contributed by atoms with Crippen molar-refractivity contribution in [2.75, 3.05) is 0 Å². The average molecular weight is 695 g/mol. The predicted octanol–water partition coefficient (Wildman–Crippen LogP) is 12.4. The summed E-state index contributed by atoms with van der Waals surface area (Å²) in [7, 11) is -2.26. The fourth-order valence-corrected chi connectivity index (χ4v) is 6.84. The molecule has 49 heavy (non-hydrogen) atoms. The first-order valence-corrected chi connectivity index (χ1v) is 18.4. The molecular weight excluding hydrogens is 631 g/mol. The van der Waals surface area contributed by atoms with Gasteiger partial charge in [0.25, 0.3) is 0 Å². The smallest absolute Gasteiger partial charge is 0.508 e. The van der Waals surface area contributed by atoms with E-state index in [1.807, 2.05) is 18.2 Å². The Hall–Kier alpha value is -3.11. The summed E-state index contributed by atoms with van der Waals surface area (Å²) in [6, 6.07) is 11.0. The summed E-state index contributed by atoms with van der Waals surface area (Å²) in [4.78, 5) is 0. The fraction of sp³-hybridized carbons (Fsp3) is 0.571. The maximum Gasteiger partial charge on any atom is 0.530 e. The van der Waals surface area contributed by atoms with Crippen molar-refractivity contribution < 1.29 is 28.9 Å². The zero-order valence-corrected chi connectivity index (χ0v) is 34.4. The second kappa shape index (κ2) is 13.2. The maximum absolute atomic E-state index is 11.3. The van der Waals surface area contributed by atoms with E-state index in [4.69, 9.17) is 13.6 Å². The molecule has 0 fully saturated rings. The number of hydrogen-bond donors (Lipinski definition) is 3. The van der Waals surface area contributed by atoms with E-state index >= 15 is 0 Å². The molecule has 0 bridgehead atoms. The summed E-state index contributed by atoms with van der Waals surface area (Å²) in [5, 5.41) is 33.8. The minimum Gasteiger partial charge on any atom is -0.508 e. The van der Waals surface area contributed by atoms with Gasteiger partial charge < -0.3 is 28.9 Å². The van der Waals surface area contributed by atoms with Crippen molar-refractivity contribution in [2.24, 2.45) is 0 Å². The van der Waals surface area contributed by atoms with E-state index in [0.717, 1.165) is 33.4 Å². The lowest BCUT2D eigenvalue weighted by Crippen LogP contribution is -2.20. The van der Waals surface area contributed by atoms with Gasteiger partial charge in [-0.15, -0.1) is 0 Å². The Morgan fingerprint density at radius 1 is 0.327 bits per heavy atom. The Balaban J connectivity index is 2.35. The van der Waals surface area contributed by atoms with Crippen LogP contribution in [0.5, 0.6) is 34.5 Å². The van der Waals surface area contributed by atoms with Crippen molar-refractivity contribution in [2.45, 2.75) is 157 Å². The molecule has 0 saturated carbocycles. The number of phenols is 3. The van der Waals surface area contributed by atoms with Gasteiger partial charge in [0, 0.05) is 34.9 Å². The fourth-order valence-electron chi connectivity index (χ4n) is 5.79. The quantitative estimate of drug-likeness (QED) is 0.223. The van der Waals surface area contributed by atoms with Crippen molar-refractivity contribution in [1.29, 1.82) is 0 Å². The van der Waals surface area contributed by atoms with Crippen LogP contribution in [-0.2, 0) is 32.5 Å². The molecule has 3 N–H and O–H groups in total. The normalized spacial score (nSPS) is 13.5. The zero-order valence-electron chi connectivity index (χ0n) is 33.5. The summed E-state index contributed by atoms with van der Waals surface area (Å²) in [5.74, 6) is 1.67. The molecule has 3 aromatic carbocycles. The van der Waals surface area contributed by atoms with Crippen molar-refractivity contribution >= 4 is 8.60 Å². The third-order valence-electron chi connectivity index (χ3n) is 8.66. The van der Waals surface area contributed by atoms with Gasteiger partial charge in [-0.05, 0) is 67.4 Å². The Morgan fingerprint density at radius 3 is 0.673 bits per heavy atom. The van der Waals surface area contributed by atoms with E-state index in [2.05, 4.69) is 125 Å². The van der Waals surface area contributed by atoms with E-state index < -0.39 is 8.60 Å². The van der Waals surface area contributed by atoms with Crippen LogP contribution < -0.4 is 13.6 Å². The van der Waals surface area contributed by atoms with Gasteiger partial charge in [-0.1, -0.05) is 125 Å². The lowest BCUT2D eigenvalue weighted by molar-refractivity contribution is 0.365. The van der Waals surface area contributed by atoms with Crippen molar-refractivity contribution in [3.8, 4) is 34.5 Å². The Kier molecular flexibility index (Phi) is 10.9. The number of phenolic OH excluding ortho intramolecular Hbond substituents is 3. The number of rotatable bonds is 6. The van der Waals surface area contributed by atoms with Crippen LogP contribution in [0, 0.1) is 0 Å². The zero-order chi connectivity index (χ0) is 37.9. The molecule has 3 rings (SSSR count). The first kappa shape index (κ1) is 40.3. The van der Waals surface area contributed by atoms with Gasteiger partial charge in [0.05, 0.1) is 0 Å². The third-order valence-corrected chi connectivity index (χ3v) is 9.70. The van der Waals surface area contributed by atoms with Gasteiger partial charge >= 0.3 is 8.60 Å². The summed E-state index contributed by atoms with van der Waals surface area (Å²) < 4.78 is 20.2. The molecule has 0 atom stereocenters. The minimum absolute atomic E-state index is 0.121. The van der Waals surface area contributed by atoms with Crippen LogP contribution >= 0.6 is 8.60 Å². The molecule has 6 nitrogen and oxygen atoms in total. The van der Waals surface area contributed by atoms with Gasteiger partial charge in [0.1, 0.15) is 34.5 Å². The Bertz CT molecular complexity index is 1460. The molecule has 272 valence electrons. The van der Waals surface area contributed by atoms with Gasteiger partial charge in [-0.3, -0.25) is 0 Å². The van der Waals surface area contributed by atoms with E-state index in [-0.39, 0.29) is 49.7 Å². The Labute approximate surface area is 298 Å². The maximum atomic E-state index is 11.3. The molecule has 0 aliphatic heterocycles. The molecule has 0 aliphatic carbocycles. The number of hydrogen-bond acceptors (Lipinski definition) is 6. The SMILES string of the molecule is CC(C)(C)c1cc(C(C)(C)C)c(OP(Oc2cc(O)c(C(C)(C)C)cc2C(C)(C)C)Oc2cc(O)c(C(C)(C)C)cc2C(C)(C)C)cc1O. The highest BCUT2D eigenvalue weighted by Gasteiger charge is 2.35. The van der Waals surface area contributed by atoms with Gasteiger partial charge in [-0.25, -0.2) is 0 Å². The molecule has 7 heteroatoms. The largest absolute Gasteiger partial charge is 0.530 e. The van der Waals surface area contributed by atoms with Crippen LogP contribution in [0.25, 0.3) is 0 Å². The van der Waals surface area contributed by atoms with Crippen LogP contribution in [0.15, 0.2) is 36.4 Å².